The summed E-state index contributed by atoms with van der Waals surface area (Å²) in [5.74, 6) is -1.12. The van der Waals surface area contributed by atoms with Crippen molar-refractivity contribution < 1.29 is 9.90 Å². The SMILES string of the molecule is Cc1cc(=O)[nH]cc1C(N)C(=O)O. The van der Waals surface area contributed by atoms with Gasteiger partial charge in [0.15, 0.2) is 0 Å². The number of aromatic amines is 1. The highest BCUT2D eigenvalue weighted by molar-refractivity contribution is 5.75. The Balaban J connectivity index is 3.16. The van der Waals surface area contributed by atoms with Crippen molar-refractivity contribution in [2.45, 2.75) is 13.0 Å². The molecule has 0 spiro atoms. The summed E-state index contributed by atoms with van der Waals surface area (Å²) in [5.41, 5.74) is 6.11. The first-order valence-corrected chi connectivity index (χ1v) is 3.70. The summed E-state index contributed by atoms with van der Waals surface area (Å²) >= 11 is 0. The van der Waals surface area contributed by atoms with E-state index in [0.29, 0.717) is 11.1 Å². The average Bonchev–Trinajstić information content (AvgIpc) is 2.03. The number of aryl methyl sites for hydroxylation is 1. The van der Waals surface area contributed by atoms with Crippen LogP contribution in [-0.4, -0.2) is 16.1 Å². The van der Waals surface area contributed by atoms with Crippen molar-refractivity contribution in [1.29, 1.82) is 0 Å². The lowest BCUT2D eigenvalue weighted by molar-refractivity contribution is -0.138. The van der Waals surface area contributed by atoms with Crippen molar-refractivity contribution in [3.8, 4) is 0 Å². The third kappa shape index (κ3) is 1.94. The minimum Gasteiger partial charge on any atom is -0.480 e. The van der Waals surface area contributed by atoms with Crippen LogP contribution in [0.4, 0.5) is 0 Å². The van der Waals surface area contributed by atoms with Crippen LogP contribution in [0, 0.1) is 6.92 Å². The number of rotatable bonds is 2. The molecule has 0 saturated heterocycles. The number of nitrogens with two attached hydrogens (primary N) is 1. The molecule has 0 radical (unpaired) electrons. The van der Waals surface area contributed by atoms with Crippen molar-refractivity contribution >= 4 is 5.97 Å². The molecule has 1 unspecified atom stereocenters. The number of H-pyrrole nitrogens is 1. The van der Waals surface area contributed by atoms with Gasteiger partial charge in [-0.3, -0.25) is 9.59 Å². The molecule has 4 N–H and O–H groups in total. The fourth-order valence-electron chi connectivity index (χ4n) is 1.05. The van der Waals surface area contributed by atoms with Gasteiger partial charge in [-0.05, 0) is 18.1 Å². The van der Waals surface area contributed by atoms with Gasteiger partial charge in [-0.2, -0.15) is 0 Å². The molecule has 1 heterocycles. The Morgan fingerprint density at radius 1 is 1.69 bits per heavy atom. The number of hydrogen-bond donors (Lipinski definition) is 3. The molecule has 1 aromatic heterocycles. The Labute approximate surface area is 74.2 Å². The number of hydrogen-bond acceptors (Lipinski definition) is 3. The Hall–Kier alpha value is -1.62. The second-order valence-corrected chi connectivity index (χ2v) is 2.75. The number of nitrogens with one attached hydrogen (secondary N) is 1. The van der Waals surface area contributed by atoms with E-state index in [1.54, 1.807) is 6.92 Å². The fourth-order valence-corrected chi connectivity index (χ4v) is 1.05. The molecule has 0 amide bonds. The highest BCUT2D eigenvalue weighted by Gasteiger charge is 2.16. The maximum Gasteiger partial charge on any atom is 0.325 e. The second kappa shape index (κ2) is 3.40. The van der Waals surface area contributed by atoms with E-state index in [-0.39, 0.29) is 5.56 Å². The van der Waals surface area contributed by atoms with Gasteiger partial charge < -0.3 is 15.8 Å². The van der Waals surface area contributed by atoms with Gasteiger partial charge in [-0.15, -0.1) is 0 Å². The molecule has 0 aliphatic carbocycles. The minimum atomic E-state index is -1.12. The maximum atomic E-state index is 10.8. The van der Waals surface area contributed by atoms with Crippen LogP contribution in [0.15, 0.2) is 17.1 Å². The first-order valence-electron chi connectivity index (χ1n) is 3.70. The number of aliphatic carboxylic acids is 1. The van der Waals surface area contributed by atoms with Crippen LogP contribution in [0.1, 0.15) is 17.2 Å². The van der Waals surface area contributed by atoms with Crippen LogP contribution in [0.25, 0.3) is 0 Å². The van der Waals surface area contributed by atoms with Gasteiger partial charge in [0.2, 0.25) is 5.56 Å². The van der Waals surface area contributed by atoms with Crippen LogP contribution < -0.4 is 11.3 Å². The topological polar surface area (TPSA) is 96.2 Å². The molecule has 1 atom stereocenters. The number of carboxylic acid groups (broad SMARTS) is 1. The molecule has 0 saturated carbocycles. The third-order valence-corrected chi connectivity index (χ3v) is 1.77. The molecule has 70 valence electrons. The van der Waals surface area contributed by atoms with E-state index >= 15 is 0 Å². The monoisotopic (exact) mass is 182 g/mol. The molecule has 1 aromatic rings. The Morgan fingerprint density at radius 3 is 2.77 bits per heavy atom. The van der Waals surface area contributed by atoms with E-state index in [1.165, 1.54) is 12.3 Å². The van der Waals surface area contributed by atoms with Crippen molar-refractivity contribution in [3.63, 3.8) is 0 Å². The highest BCUT2D eigenvalue weighted by Crippen LogP contribution is 2.11. The zero-order valence-corrected chi connectivity index (χ0v) is 7.07. The second-order valence-electron chi connectivity index (χ2n) is 2.75. The van der Waals surface area contributed by atoms with Gasteiger partial charge in [0.05, 0.1) is 0 Å². The van der Waals surface area contributed by atoms with Crippen molar-refractivity contribution in [3.05, 3.63) is 33.7 Å². The lowest BCUT2D eigenvalue weighted by Crippen LogP contribution is -2.23. The maximum absolute atomic E-state index is 10.8. The van der Waals surface area contributed by atoms with E-state index in [9.17, 15) is 9.59 Å². The molecule has 13 heavy (non-hydrogen) atoms. The summed E-state index contributed by atoms with van der Waals surface area (Å²) in [4.78, 5) is 23.7. The molecule has 0 aliphatic heterocycles. The van der Waals surface area contributed by atoms with Gasteiger partial charge in [0.25, 0.3) is 0 Å². The summed E-state index contributed by atoms with van der Waals surface area (Å²) in [7, 11) is 0. The van der Waals surface area contributed by atoms with Crippen LogP contribution in [-0.2, 0) is 4.79 Å². The highest BCUT2D eigenvalue weighted by atomic mass is 16.4. The Kier molecular flexibility index (Phi) is 2.48. The van der Waals surface area contributed by atoms with Gasteiger partial charge >= 0.3 is 5.97 Å². The zero-order chi connectivity index (χ0) is 10.0. The molecule has 5 heteroatoms. The van der Waals surface area contributed by atoms with Gasteiger partial charge in [0.1, 0.15) is 6.04 Å². The molecule has 0 bridgehead atoms. The molecule has 0 aromatic carbocycles. The number of carbonyl (C=O) groups is 1. The van der Waals surface area contributed by atoms with E-state index in [4.69, 9.17) is 10.8 Å². The first-order chi connectivity index (χ1) is 6.02. The average molecular weight is 182 g/mol. The summed E-state index contributed by atoms with van der Waals surface area (Å²) in [6.07, 6.45) is 1.33. The number of aromatic nitrogens is 1. The first kappa shape index (κ1) is 9.47. The molecule has 1 rings (SSSR count). The lowest BCUT2D eigenvalue weighted by atomic mass is 10.1. The standard InChI is InChI=1S/C8H10N2O3/c1-4-2-6(11)10-3-5(4)7(9)8(12)13/h2-3,7H,9H2,1H3,(H,10,11)(H,12,13). The summed E-state index contributed by atoms with van der Waals surface area (Å²) in [6, 6.07) is 0.231. The predicted molar refractivity (Wildman–Crippen MR) is 46.4 cm³/mol. The quantitative estimate of drug-likeness (QED) is 0.588. The Morgan fingerprint density at radius 2 is 2.31 bits per heavy atom. The van der Waals surface area contributed by atoms with E-state index in [0.717, 1.165) is 0 Å². The van der Waals surface area contributed by atoms with Crippen LogP contribution in [0.3, 0.4) is 0 Å². The van der Waals surface area contributed by atoms with Crippen molar-refractivity contribution in [1.82, 2.24) is 4.98 Å². The Bertz CT molecular complexity index is 383. The molecule has 0 aliphatic rings. The van der Waals surface area contributed by atoms with E-state index in [1.807, 2.05) is 0 Å². The molecule has 5 nitrogen and oxygen atoms in total. The van der Waals surface area contributed by atoms with E-state index in [2.05, 4.69) is 4.98 Å². The summed E-state index contributed by atoms with van der Waals surface area (Å²) in [5, 5.41) is 8.61. The molecule has 0 fully saturated rings. The van der Waals surface area contributed by atoms with Gasteiger partial charge in [-0.25, -0.2) is 0 Å². The number of pyridine rings is 1. The molecular weight excluding hydrogens is 172 g/mol. The normalized spacial score (nSPS) is 12.5. The van der Waals surface area contributed by atoms with Crippen LogP contribution in [0.5, 0.6) is 0 Å². The van der Waals surface area contributed by atoms with Crippen LogP contribution >= 0.6 is 0 Å². The zero-order valence-electron chi connectivity index (χ0n) is 7.07. The third-order valence-electron chi connectivity index (χ3n) is 1.77. The summed E-state index contributed by atoms with van der Waals surface area (Å²) in [6.45, 7) is 1.65. The lowest BCUT2D eigenvalue weighted by Gasteiger charge is -2.08. The largest absolute Gasteiger partial charge is 0.480 e. The van der Waals surface area contributed by atoms with Crippen molar-refractivity contribution in [2.24, 2.45) is 5.73 Å². The number of carboxylic acids is 1. The minimum absolute atomic E-state index is 0.265. The van der Waals surface area contributed by atoms with E-state index < -0.39 is 12.0 Å². The van der Waals surface area contributed by atoms with Crippen molar-refractivity contribution in [2.75, 3.05) is 0 Å². The predicted octanol–water partition coefficient (Wildman–Crippen LogP) is -0.232. The van der Waals surface area contributed by atoms with Gasteiger partial charge in [0, 0.05) is 12.3 Å². The van der Waals surface area contributed by atoms with Crippen LogP contribution in [0.2, 0.25) is 0 Å². The smallest absolute Gasteiger partial charge is 0.325 e. The van der Waals surface area contributed by atoms with Gasteiger partial charge in [-0.1, -0.05) is 0 Å². The summed E-state index contributed by atoms with van der Waals surface area (Å²) < 4.78 is 0. The fraction of sp³-hybridized carbons (Fsp3) is 0.250. The molecular formula is C8H10N2O3.